The van der Waals surface area contributed by atoms with E-state index in [-0.39, 0.29) is 24.8 Å². The fraction of sp³-hybridized carbons (Fsp3) is 0.857. The predicted octanol–water partition coefficient (Wildman–Crippen LogP) is 1.31. The summed E-state index contributed by atoms with van der Waals surface area (Å²) in [6, 6.07) is -0.294. The van der Waals surface area contributed by atoms with Gasteiger partial charge in [-0.15, -0.1) is 0 Å². The summed E-state index contributed by atoms with van der Waals surface area (Å²) in [5.41, 5.74) is 0. The van der Waals surface area contributed by atoms with E-state index < -0.39 is 5.92 Å². The van der Waals surface area contributed by atoms with E-state index in [1.807, 2.05) is 0 Å². The number of nitrogens with one attached hydrogen (secondary N) is 1. The molecule has 1 aliphatic carbocycles. The molecule has 0 aromatic carbocycles. The molecule has 1 fully saturated rings. The van der Waals surface area contributed by atoms with Crippen molar-refractivity contribution < 1.29 is 13.6 Å². The van der Waals surface area contributed by atoms with E-state index in [4.69, 9.17) is 0 Å². The second-order valence-corrected chi connectivity index (χ2v) is 2.88. The van der Waals surface area contributed by atoms with Gasteiger partial charge < -0.3 is 5.32 Å². The van der Waals surface area contributed by atoms with Gasteiger partial charge in [-0.1, -0.05) is 6.92 Å². The van der Waals surface area contributed by atoms with Crippen molar-refractivity contribution in [1.29, 1.82) is 0 Å². The monoisotopic (exact) mass is 163 g/mol. The Hall–Kier alpha value is -0.670. The van der Waals surface area contributed by atoms with Crippen LogP contribution in [0.4, 0.5) is 8.78 Å². The molecule has 0 atom stereocenters. The van der Waals surface area contributed by atoms with Crippen molar-refractivity contribution in [3.8, 4) is 0 Å². The summed E-state index contributed by atoms with van der Waals surface area (Å²) >= 11 is 0. The predicted molar refractivity (Wildman–Crippen MR) is 36.4 cm³/mol. The molecular formula is C7H11F2NO. The van der Waals surface area contributed by atoms with Gasteiger partial charge in [-0.3, -0.25) is 4.79 Å². The maximum Gasteiger partial charge on any atom is 0.252 e. The number of carbonyl (C=O) groups excluding carboxylic acids is 1. The molecule has 1 rings (SSSR count). The van der Waals surface area contributed by atoms with Crippen LogP contribution >= 0.6 is 0 Å². The second-order valence-electron chi connectivity index (χ2n) is 2.88. The van der Waals surface area contributed by atoms with E-state index >= 15 is 0 Å². The molecule has 1 saturated carbocycles. The molecule has 4 heteroatoms. The first kappa shape index (κ1) is 8.43. The highest BCUT2D eigenvalue weighted by atomic mass is 19.3. The molecule has 64 valence electrons. The lowest BCUT2D eigenvalue weighted by molar-refractivity contribution is -0.128. The van der Waals surface area contributed by atoms with E-state index in [0.717, 1.165) is 0 Å². The molecule has 1 amide bonds. The van der Waals surface area contributed by atoms with Crippen LogP contribution in [0.25, 0.3) is 0 Å². The molecule has 0 radical (unpaired) electrons. The molecule has 0 aliphatic heterocycles. The molecule has 0 bridgehead atoms. The highest BCUT2D eigenvalue weighted by molar-refractivity contribution is 5.75. The van der Waals surface area contributed by atoms with E-state index in [2.05, 4.69) is 5.32 Å². The summed E-state index contributed by atoms with van der Waals surface area (Å²) in [6.07, 6.45) is -0.0282. The Balaban J connectivity index is 2.19. The third kappa shape index (κ3) is 2.13. The molecule has 0 aromatic heterocycles. The number of rotatable bonds is 2. The van der Waals surface area contributed by atoms with E-state index in [9.17, 15) is 13.6 Å². The zero-order chi connectivity index (χ0) is 8.48. The van der Waals surface area contributed by atoms with E-state index in [1.165, 1.54) is 0 Å². The lowest BCUT2D eigenvalue weighted by atomic mass is 9.88. The van der Waals surface area contributed by atoms with Gasteiger partial charge in [-0.25, -0.2) is 8.78 Å². The SMILES string of the molecule is CCC(=O)NC1CC(F)(F)C1. The normalized spacial score (nSPS) is 22.5. The standard InChI is InChI=1S/C7H11F2NO/c1-2-6(11)10-5-3-7(8,9)4-5/h5H,2-4H2,1H3,(H,10,11). The average molecular weight is 163 g/mol. The Morgan fingerprint density at radius 1 is 1.64 bits per heavy atom. The van der Waals surface area contributed by atoms with Crippen molar-refractivity contribution in [2.24, 2.45) is 0 Å². The van der Waals surface area contributed by atoms with Gasteiger partial charge in [0.1, 0.15) is 0 Å². The van der Waals surface area contributed by atoms with E-state index in [1.54, 1.807) is 6.92 Å². The quantitative estimate of drug-likeness (QED) is 0.653. The largest absolute Gasteiger partial charge is 0.353 e. The maximum absolute atomic E-state index is 12.2. The summed E-state index contributed by atoms with van der Waals surface area (Å²) in [5, 5.41) is 2.50. The first-order chi connectivity index (χ1) is 5.03. The Morgan fingerprint density at radius 3 is 2.55 bits per heavy atom. The third-order valence-corrected chi connectivity index (χ3v) is 1.78. The van der Waals surface area contributed by atoms with Crippen LogP contribution in [0.5, 0.6) is 0 Å². The van der Waals surface area contributed by atoms with Crippen LogP contribution in [-0.4, -0.2) is 17.9 Å². The van der Waals surface area contributed by atoms with Crippen LogP contribution < -0.4 is 5.32 Å². The molecule has 1 N–H and O–H groups in total. The van der Waals surface area contributed by atoms with Gasteiger partial charge in [0.05, 0.1) is 0 Å². The van der Waals surface area contributed by atoms with Crippen molar-refractivity contribution in [3.63, 3.8) is 0 Å². The minimum absolute atomic E-state index is 0.148. The van der Waals surface area contributed by atoms with Crippen molar-refractivity contribution in [1.82, 2.24) is 5.32 Å². The molecular weight excluding hydrogens is 152 g/mol. The summed E-state index contributed by atoms with van der Waals surface area (Å²) < 4.78 is 24.4. The molecule has 2 nitrogen and oxygen atoms in total. The fourth-order valence-corrected chi connectivity index (χ4v) is 1.09. The Bertz CT molecular complexity index is 162. The van der Waals surface area contributed by atoms with Gasteiger partial charge in [0.2, 0.25) is 5.91 Å². The van der Waals surface area contributed by atoms with Gasteiger partial charge >= 0.3 is 0 Å². The summed E-state index contributed by atoms with van der Waals surface area (Å²) in [7, 11) is 0. The van der Waals surface area contributed by atoms with Crippen LogP contribution in [0, 0.1) is 0 Å². The average Bonchev–Trinajstić information content (AvgIpc) is 1.83. The minimum Gasteiger partial charge on any atom is -0.353 e. The van der Waals surface area contributed by atoms with Crippen molar-refractivity contribution in [2.75, 3.05) is 0 Å². The Kier molecular flexibility index (Phi) is 2.11. The van der Waals surface area contributed by atoms with Crippen LogP contribution in [0.2, 0.25) is 0 Å². The van der Waals surface area contributed by atoms with Crippen molar-refractivity contribution in [2.45, 2.75) is 38.2 Å². The van der Waals surface area contributed by atoms with Gasteiger partial charge in [-0.05, 0) is 0 Å². The van der Waals surface area contributed by atoms with Crippen LogP contribution in [0.3, 0.4) is 0 Å². The number of alkyl halides is 2. The number of hydrogen-bond donors (Lipinski definition) is 1. The second kappa shape index (κ2) is 2.75. The first-order valence-corrected chi connectivity index (χ1v) is 3.71. The lowest BCUT2D eigenvalue weighted by Crippen LogP contribution is -2.50. The Morgan fingerprint density at radius 2 is 2.18 bits per heavy atom. The van der Waals surface area contributed by atoms with Gasteiger partial charge in [0, 0.05) is 25.3 Å². The summed E-state index contributed by atoms with van der Waals surface area (Å²) in [4.78, 5) is 10.7. The molecule has 11 heavy (non-hydrogen) atoms. The van der Waals surface area contributed by atoms with Gasteiger partial charge in [0.25, 0.3) is 5.92 Å². The zero-order valence-electron chi connectivity index (χ0n) is 6.36. The highest BCUT2D eigenvalue weighted by Crippen LogP contribution is 2.37. The number of hydrogen-bond acceptors (Lipinski definition) is 1. The van der Waals surface area contributed by atoms with E-state index in [0.29, 0.717) is 6.42 Å². The van der Waals surface area contributed by atoms with Crippen LogP contribution in [-0.2, 0) is 4.79 Å². The summed E-state index contributed by atoms with van der Waals surface area (Å²) in [6.45, 7) is 1.70. The molecule has 1 aliphatic rings. The zero-order valence-corrected chi connectivity index (χ0v) is 6.36. The third-order valence-electron chi connectivity index (χ3n) is 1.78. The lowest BCUT2D eigenvalue weighted by Gasteiger charge is -2.35. The van der Waals surface area contributed by atoms with Crippen LogP contribution in [0.1, 0.15) is 26.2 Å². The fourth-order valence-electron chi connectivity index (χ4n) is 1.09. The molecule has 0 unspecified atom stereocenters. The highest BCUT2D eigenvalue weighted by Gasteiger charge is 2.45. The topological polar surface area (TPSA) is 29.1 Å². The molecule has 0 heterocycles. The Labute approximate surface area is 64.0 Å². The first-order valence-electron chi connectivity index (χ1n) is 3.71. The molecule has 0 saturated heterocycles. The molecule has 0 spiro atoms. The number of amides is 1. The van der Waals surface area contributed by atoms with Gasteiger partial charge in [-0.2, -0.15) is 0 Å². The van der Waals surface area contributed by atoms with Gasteiger partial charge in [0.15, 0.2) is 0 Å². The smallest absolute Gasteiger partial charge is 0.252 e. The minimum atomic E-state index is -2.54. The molecule has 0 aromatic rings. The van der Waals surface area contributed by atoms with Crippen molar-refractivity contribution in [3.05, 3.63) is 0 Å². The number of carbonyl (C=O) groups is 1. The van der Waals surface area contributed by atoms with Crippen LogP contribution in [0.15, 0.2) is 0 Å². The maximum atomic E-state index is 12.2. The van der Waals surface area contributed by atoms with Crippen molar-refractivity contribution >= 4 is 5.91 Å². The number of halogens is 2. The summed E-state index contributed by atoms with van der Waals surface area (Å²) in [5.74, 6) is -2.68.